The summed E-state index contributed by atoms with van der Waals surface area (Å²) in [5.41, 5.74) is 3.80. The van der Waals surface area contributed by atoms with E-state index in [1.807, 2.05) is 24.3 Å². The van der Waals surface area contributed by atoms with Crippen LogP contribution in [0, 0.1) is 10.1 Å². The number of hydrogen-bond acceptors (Lipinski definition) is 5. The molecule has 2 rings (SSSR count). The molecule has 0 unspecified atom stereocenters. The molecule has 0 aliphatic heterocycles. The molecule has 130 valence electrons. The number of carbonyl (C=O) groups is 1. The van der Waals surface area contributed by atoms with Crippen molar-refractivity contribution in [2.75, 3.05) is 7.11 Å². The SMILES string of the molecule is COc1ccc(CCCC(=O)N/N=C/c2ccccc2[N+](=O)[O-])cc1. The standard InChI is InChI=1S/C18H19N3O4/c1-25-16-11-9-14(10-12-16)5-4-8-18(22)20-19-13-15-6-2-3-7-17(15)21(23)24/h2-3,6-7,9-13H,4-5,8H2,1H3,(H,20,22)/b19-13+. The summed E-state index contributed by atoms with van der Waals surface area (Å²) < 4.78 is 5.09. The Morgan fingerprint density at radius 3 is 2.64 bits per heavy atom. The van der Waals surface area contributed by atoms with E-state index in [1.54, 1.807) is 25.3 Å². The van der Waals surface area contributed by atoms with E-state index in [0.717, 1.165) is 17.7 Å². The molecule has 0 atom stereocenters. The van der Waals surface area contributed by atoms with E-state index in [4.69, 9.17) is 4.74 Å². The van der Waals surface area contributed by atoms with Crippen LogP contribution in [0.3, 0.4) is 0 Å². The molecule has 0 aliphatic rings. The van der Waals surface area contributed by atoms with E-state index in [9.17, 15) is 14.9 Å². The average Bonchev–Trinajstić information content (AvgIpc) is 2.62. The number of ether oxygens (including phenoxy) is 1. The highest BCUT2D eigenvalue weighted by atomic mass is 16.6. The lowest BCUT2D eigenvalue weighted by atomic mass is 10.1. The number of hydrogen-bond donors (Lipinski definition) is 1. The van der Waals surface area contributed by atoms with Crippen LogP contribution in [0.25, 0.3) is 0 Å². The highest BCUT2D eigenvalue weighted by molar-refractivity contribution is 5.86. The fraction of sp³-hybridized carbons (Fsp3) is 0.222. The maximum atomic E-state index is 11.8. The van der Waals surface area contributed by atoms with Gasteiger partial charge in [0, 0.05) is 12.5 Å². The molecule has 0 spiro atoms. The smallest absolute Gasteiger partial charge is 0.278 e. The number of aryl methyl sites for hydroxylation is 1. The van der Waals surface area contributed by atoms with E-state index < -0.39 is 4.92 Å². The largest absolute Gasteiger partial charge is 0.497 e. The summed E-state index contributed by atoms with van der Waals surface area (Å²) in [6.07, 6.45) is 3.05. The van der Waals surface area contributed by atoms with Gasteiger partial charge in [0.05, 0.1) is 23.8 Å². The average molecular weight is 341 g/mol. The minimum atomic E-state index is -0.488. The van der Waals surface area contributed by atoms with Gasteiger partial charge in [-0.3, -0.25) is 14.9 Å². The zero-order valence-corrected chi connectivity index (χ0v) is 13.8. The maximum absolute atomic E-state index is 11.8. The molecule has 2 aromatic carbocycles. The second kappa shape index (κ2) is 9.17. The van der Waals surface area contributed by atoms with Crippen LogP contribution in [-0.4, -0.2) is 24.2 Å². The van der Waals surface area contributed by atoms with Gasteiger partial charge in [-0.15, -0.1) is 0 Å². The Morgan fingerprint density at radius 2 is 1.96 bits per heavy atom. The predicted octanol–water partition coefficient (Wildman–Crippen LogP) is 3.08. The summed E-state index contributed by atoms with van der Waals surface area (Å²) in [6, 6.07) is 13.9. The van der Waals surface area contributed by atoms with Crippen molar-refractivity contribution in [3.05, 3.63) is 69.8 Å². The maximum Gasteiger partial charge on any atom is 0.278 e. The lowest BCUT2D eigenvalue weighted by Gasteiger charge is -2.03. The van der Waals surface area contributed by atoms with E-state index in [0.29, 0.717) is 18.4 Å². The van der Waals surface area contributed by atoms with Crippen LogP contribution in [0.4, 0.5) is 5.69 Å². The fourth-order valence-electron chi connectivity index (χ4n) is 2.24. The number of rotatable bonds is 8. The Balaban J connectivity index is 1.78. The third kappa shape index (κ3) is 5.72. The van der Waals surface area contributed by atoms with Crippen LogP contribution in [0.2, 0.25) is 0 Å². The highest BCUT2D eigenvalue weighted by Gasteiger charge is 2.10. The Kier molecular flexibility index (Phi) is 6.65. The molecule has 1 N–H and O–H groups in total. The van der Waals surface area contributed by atoms with Crippen LogP contribution in [0.15, 0.2) is 53.6 Å². The molecule has 25 heavy (non-hydrogen) atoms. The molecule has 0 heterocycles. The molecule has 2 aromatic rings. The zero-order valence-electron chi connectivity index (χ0n) is 13.8. The van der Waals surface area contributed by atoms with Crippen LogP contribution < -0.4 is 10.2 Å². The van der Waals surface area contributed by atoms with Gasteiger partial charge >= 0.3 is 0 Å². The van der Waals surface area contributed by atoms with Gasteiger partial charge in [0.1, 0.15) is 5.75 Å². The van der Waals surface area contributed by atoms with Crippen molar-refractivity contribution in [3.8, 4) is 5.75 Å². The molecule has 7 nitrogen and oxygen atoms in total. The van der Waals surface area contributed by atoms with Crippen LogP contribution in [0.1, 0.15) is 24.0 Å². The molecule has 0 bridgehead atoms. The third-order valence-corrected chi connectivity index (χ3v) is 3.55. The first-order valence-electron chi connectivity index (χ1n) is 7.78. The third-order valence-electron chi connectivity index (χ3n) is 3.55. The number of amides is 1. The Hall–Kier alpha value is -3.22. The Bertz CT molecular complexity index is 757. The zero-order chi connectivity index (χ0) is 18.1. The first-order chi connectivity index (χ1) is 12.1. The minimum absolute atomic E-state index is 0.0556. The van der Waals surface area contributed by atoms with Crippen molar-refractivity contribution >= 4 is 17.8 Å². The van der Waals surface area contributed by atoms with Crippen molar-refractivity contribution in [1.82, 2.24) is 5.43 Å². The van der Waals surface area contributed by atoms with E-state index >= 15 is 0 Å². The molecule has 0 aromatic heterocycles. The summed E-state index contributed by atoms with van der Waals surface area (Å²) in [5, 5.41) is 14.7. The first-order valence-corrected chi connectivity index (χ1v) is 7.78. The Morgan fingerprint density at radius 1 is 1.24 bits per heavy atom. The Labute approximate surface area is 145 Å². The summed E-state index contributed by atoms with van der Waals surface area (Å²) in [6.45, 7) is 0. The lowest BCUT2D eigenvalue weighted by Crippen LogP contribution is -2.17. The van der Waals surface area contributed by atoms with Crippen molar-refractivity contribution in [1.29, 1.82) is 0 Å². The van der Waals surface area contributed by atoms with Crippen molar-refractivity contribution in [3.63, 3.8) is 0 Å². The molecule has 0 fully saturated rings. The fourth-order valence-corrected chi connectivity index (χ4v) is 2.24. The van der Waals surface area contributed by atoms with E-state index in [1.165, 1.54) is 12.3 Å². The molecular weight excluding hydrogens is 322 g/mol. The van der Waals surface area contributed by atoms with Crippen LogP contribution in [-0.2, 0) is 11.2 Å². The lowest BCUT2D eigenvalue weighted by molar-refractivity contribution is -0.385. The molecular formula is C18H19N3O4. The molecule has 0 saturated carbocycles. The van der Waals surface area contributed by atoms with Gasteiger partial charge in [-0.25, -0.2) is 5.43 Å². The van der Waals surface area contributed by atoms with Gasteiger partial charge in [-0.2, -0.15) is 5.10 Å². The number of methoxy groups -OCH3 is 1. The number of benzene rings is 2. The molecule has 0 radical (unpaired) electrons. The molecule has 0 saturated heterocycles. The molecule has 1 amide bonds. The highest BCUT2D eigenvalue weighted by Crippen LogP contribution is 2.15. The van der Waals surface area contributed by atoms with Gasteiger partial charge in [0.15, 0.2) is 0 Å². The van der Waals surface area contributed by atoms with E-state index in [2.05, 4.69) is 10.5 Å². The number of nitro benzene ring substituents is 1. The molecule has 7 heteroatoms. The normalized spacial score (nSPS) is 10.6. The number of nitro groups is 1. The quantitative estimate of drug-likeness (QED) is 0.453. The summed E-state index contributed by atoms with van der Waals surface area (Å²) >= 11 is 0. The number of hydrazone groups is 1. The molecule has 0 aliphatic carbocycles. The summed E-state index contributed by atoms with van der Waals surface area (Å²) in [4.78, 5) is 22.2. The van der Waals surface area contributed by atoms with Crippen LogP contribution >= 0.6 is 0 Å². The number of nitrogens with zero attached hydrogens (tertiary/aromatic N) is 2. The second-order valence-corrected chi connectivity index (χ2v) is 5.31. The van der Waals surface area contributed by atoms with Crippen molar-refractivity contribution in [2.45, 2.75) is 19.3 Å². The van der Waals surface area contributed by atoms with Gasteiger partial charge in [-0.05, 0) is 36.6 Å². The van der Waals surface area contributed by atoms with Gasteiger partial charge in [0.25, 0.3) is 5.69 Å². The van der Waals surface area contributed by atoms with Crippen LogP contribution in [0.5, 0.6) is 5.75 Å². The van der Waals surface area contributed by atoms with E-state index in [-0.39, 0.29) is 11.6 Å². The summed E-state index contributed by atoms with van der Waals surface area (Å²) in [5.74, 6) is 0.564. The topological polar surface area (TPSA) is 93.8 Å². The van der Waals surface area contributed by atoms with Gasteiger partial charge in [0.2, 0.25) is 5.91 Å². The number of nitrogens with one attached hydrogen (secondary N) is 1. The first kappa shape index (κ1) is 18.1. The predicted molar refractivity (Wildman–Crippen MR) is 94.8 cm³/mol. The van der Waals surface area contributed by atoms with Crippen molar-refractivity contribution < 1.29 is 14.5 Å². The van der Waals surface area contributed by atoms with Gasteiger partial charge in [-0.1, -0.05) is 24.3 Å². The van der Waals surface area contributed by atoms with Gasteiger partial charge < -0.3 is 4.74 Å². The monoisotopic (exact) mass is 341 g/mol. The number of para-hydroxylation sites is 1. The number of carbonyl (C=O) groups excluding carboxylic acids is 1. The van der Waals surface area contributed by atoms with Crippen molar-refractivity contribution in [2.24, 2.45) is 5.10 Å². The second-order valence-electron chi connectivity index (χ2n) is 5.31. The summed E-state index contributed by atoms with van der Waals surface area (Å²) in [7, 11) is 1.62. The minimum Gasteiger partial charge on any atom is -0.497 e.